The van der Waals surface area contributed by atoms with E-state index < -0.39 is 0 Å². The van der Waals surface area contributed by atoms with E-state index in [1.807, 2.05) is 6.07 Å². The first kappa shape index (κ1) is 14.2. The number of benzene rings is 1. The van der Waals surface area contributed by atoms with Crippen LogP contribution in [0.4, 0.5) is 4.39 Å². The minimum absolute atomic E-state index is 0.107. The summed E-state index contributed by atoms with van der Waals surface area (Å²) in [6, 6.07) is 7.15. The van der Waals surface area contributed by atoms with Crippen molar-refractivity contribution < 1.29 is 4.39 Å². The molecule has 4 saturated carbocycles. The Morgan fingerprint density at radius 3 is 2.57 bits per heavy atom. The number of rotatable bonds is 3. The van der Waals surface area contributed by atoms with Gasteiger partial charge >= 0.3 is 0 Å². The summed E-state index contributed by atoms with van der Waals surface area (Å²) in [6.45, 7) is 2.52. The van der Waals surface area contributed by atoms with E-state index in [1.54, 1.807) is 12.1 Å². The van der Waals surface area contributed by atoms with Crippen LogP contribution in [-0.2, 0) is 6.42 Å². The van der Waals surface area contributed by atoms with Gasteiger partial charge in [-0.15, -0.1) is 0 Å². The van der Waals surface area contributed by atoms with Gasteiger partial charge in [0.05, 0.1) is 0 Å². The highest BCUT2D eigenvalue weighted by Gasteiger charge is 2.57. The molecule has 4 aliphatic rings. The Balaban J connectivity index is 1.57. The van der Waals surface area contributed by atoms with Crippen molar-refractivity contribution >= 4 is 15.9 Å². The molecule has 0 radical (unpaired) electrons. The number of hydrogen-bond donors (Lipinski definition) is 0. The van der Waals surface area contributed by atoms with Gasteiger partial charge in [0.1, 0.15) is 5.82 Å². The lowest BCUT2D eigenvalue weighted by molar-refractivity contribution is -0.101. The summed E-state index contributed by atoms with van der Waals surface area (Å²) in [5.41, 5.74) is 2.18. The van der Waals surface area contributed by atoms with Crippen LogP contribution >= 0.6 is 15.9 Å². The summed E-state index contributed by atoms with van der Waals surface area (Å²) in [5.74, 6) is 1.79. The van der Waals surface area contributed by atoms with E-state index in [1.165, 1.54) is 38.5 Å². The van der Waals surface area contributed by atoms with Crippen molar-refractivity contribution in [2.75, 3.05) is 0 Å². The van der Waals surface area contributed by atoms with Crippen LogP contribution in [0.5, 0.6) is 0 Å². The maximum absolute atomic E-state index is 13.4. The molecule has 0 aromatic heterocycles. The quantitative estimate of drug-likeness (QED) is 0.610. The first-order valence-corrected chi connectivity index (χ1v) is 9.27. The molecule has 0 N–H and O–H groups in total. The topological polar surface area (TPSA) is 0 Å². The van der Waals surface area contributed by atoms with Gasteiger partial charge in [0.25, 0.3) is 0 Å². The minimum atomic E-state index is -0.107. The predicted octanol–water partition coefficient (Wildman–Crippen LogP) is 5.74. The van der Waals surface area contributed by atoms with E-state index in [-0.39, 0.29) is 5.82 Å². The lowest BCUT2D eigenvalue weighted by atomic mass is 9.44. The van der Waals surface area contributed by atoms with Crippen molar-refractivity contribution in [3.8, 4) is 0 Å². The molecule has 3 unspecified atom stereocenters. The lowest BCUT2D eigenvalue weighted by Crippen LogP contribution is -2.54. The summed E-state index contributed by atoms with van der Waals surface area (Å²) >= 11 is 4.03. The molecule has 0 aliphatic heterocycles. The van der Waals surface area contributed by atoms with Crippen LogP contribution in [0.2, 0.25) is 0 Å². The largest absolute Gasteiger partial charge is 0.207 e. The molecule has 4 aliphatic carbocycles. The molecule has 0 nitrogen and oxygen atoms in total. The number of hydrogen-bond acceptors (Lipinski definition) is 0. The van der Waals surface area contributed by atoms with Gasteiger partial charge in [-0.2, -0.15) is 0 Å². The van der Waals surface area contributed by atoms with Crippen LogP contribution in [0.1, 0.15) is 51.0 Å². The third-order valence-electron chi connectivity index (χ3n) is 6.37. The molecule has 21 heavy (non-hydrogen) atoms. The number of alkyl halides is 1. The summed E-state index contributed by atoms with van der Waals surface area (Å²) < 4.78 is 13.4. The molecule has 0 saturated heterocycles. The Kier molecular flexibility index (Phi) is 3.26. The lowest BCUT2D eigenvalue weighted by Gasteiger charge is -2.63. The molecule has 114 valence electrons. The average molecular weight is 351 g/mol. The third-order valence-corrected chi connectivity index (χ3v) is 7.66. The van der Waals surface area contributed by atoms with Crippen LogP contribution < -0.4 is 0 Å². The monoisotopic (exact) mass is 350 g/mol. The fourth-order valence-corrected chi connectivity index (χ4v) is 7.16. The van der Waals surface area contributed by atoms with Crippen LogP contribution in [0, 0.1) is 28.5 Å². The fourth-order valence-electron chi connectivity index (χ4n) is 6.25. The van der Waals surface area contributed by atoms with Gasteiger partial charge in [-0.25, -0.2) is 4.39 Å². The van der Waals surface area contributed by atoms with Crippen molar-refractivity contribution in [3.63, 3.8) is 0 Å². The van der Waals surface area contributed by atoms with Gasteiger partial charge in [0.2, 0.25) is 0 Å². The van der Waals surface area contributed by atoms with Crippen molar-refractivity contribution in [2.45, 2.75) is 56.7 Å². The zero-order chi connectivity index (χ0) is 14.7. The maximum Gasteiger partial charge on any atom is 0.123 e. The fraction of sp³-hybridized carbons (Fsp3) is 0.684. The molecule has 1 aromatic rings. The predicted molar refractivity (Wildman–Crippen MR) is 88.0 cm³/mol. The second kappa shape index (κ2) is 4.81. The molecule has 4 bridgehead atoms. The smallest absolute Gasteiger partial charge is 0.123 e. The van der Waals surface area contributed by atoms with Crippen LogP contribution in [0.3, 0.4) is 0 Å². The summed E-state index contributed by atoms with van der Waals surface area (Å²) in [5, 5.41) is 0. The molecule has 0 spiro atoms. The molecule has 3 atom stereocenters. The minimum Gasteiger partial charge on any atom is -0.207 e. The van der Waals surface area contributed by atoms with Gasteiger partial charge < -0.3 is 0 Å². The van der Waals surface area contributed by atoms with E-state index in [9.17, 15) is 4.39 Å². The van der Waals surface area contributed by atoms with Gasteiger partial charge in [0.15, 0.2) is 0 Å². The normalized spacial score (nSPS) is 42.2. The van der Waals surface area contributed by atoms with Crippen molar-refractivity contribution in [3.05, 3.63) is 35.6 Å². The van der Waals surface area contributed by atoms with E-state index in [0.717, 1.165) is 23.8 Å². The van der Waals surface area contributed by atoms with E-state index in [0.29, 0.717) is 15.7 Å². The Hall–Kier alpha value is -0.370. The van der Waals surface area contributed by atoms with E-state index >= 15 is 0 Å². The van der Waals surface area contributed by atoms with Crippen LogP contribution in [-0.4, -0.2) is 4.83 Å². The summed E-state index contributed by atoms with van der Waals surface area (Å²) in [4.78, 5) is 0.497. The second-order valence-electron chi connectivity index (χ2n) is 8.44. The summed E-state index contributed by atoms with van der Waals surface area (Å²) in [6.07, 6.45) is 9.49. The molecular weight excluding hydrogens is 327 g/mol. The molecule has 5 rings (SSSR count). The third kappa shape index (κ3) is 2.48. The van der Waals surface area contributed by atoms with Crippen LogP contribution in [0.25, 0.3) is 0 Å². The van der Waals surface area contributed by atoms with Crippen molar-refractivity contribution in [1.29, 1.82) is 0 Å². The highest BCUT2D eigenvalue weighted by molar-refractivity contribution is 9.09. The zero-order valence-corrected chi connectivity index (χ0v) is 14.3. The van der Waals surface area contributed by atoms with Crippen LogP contribution in [0.15, 0.2) is 24.3 Å². The maximum atomic E-state index is 13.4. The molecule has 1 aromatic carbocycles. The SMILES string of the molecule is CC12CC3CC(C1)CC(C(Br)Cc1cccc(F)c1)(C3)C2. The average Bonchev–Trinajstić information content (AvgIpc) is 2.35. The molecule has 2 heteroatoms. The van der Waals surface area contributed by atoms with E-state index in [2.05, 4.69) is 28.9 Å². The molecular formula is C19H24BrF. The van der Waals surface area contributed by atoms with Gasteiger partial charge in [-0.3, -0.25) is 0 Å². The molecule has 0 amide bonds. The number of halogens is 2. The van der Waals surface area contributed by atoms with E-state index in [4.69, 9.17) is 0 Å². The highest BCUT2D eigenvalue weighted by atomic mass is 79.9. The second-order valence-corrected chi connectivity index (χ2v) is 9.54. The Morgan fingerprint density at radius 1 is 1.24 bits per heavy atom. The summed E-state index contributed by atoms with van der Waals surface area (Å²) in [7, 11) is 0. The Labute approximate surface area is 135 Å². The van der Waals surface area contributed by atoms with Crippen molar-refractivity contribution in [2.24, 2.45) is 22.7 Å². The highest BCUT2D eigenvalue weighted by Crippen LogP contribution is 2.67. The standard InChI is InChI=1S/C19H24BrF/c1-18-8-14-5-15(9-18)11-19(10-14,12-18)17(20)7-13-3-2-4-16(21)6-13/h2-4,6,14-15,17H,5,7-12H2,1H3. The Morgan fingerprint density at radius 2 is 1.95 bits per heavy atom. The van der Waals surface area contributed by atoms with Gasteiger partial charge in [-0.1, -0.05) is 35.0 Å². The first-order chi connectivity index (χ1) is 9.96. The van der Waals surface area contributed by atoms with Gasteiger partial charge in [-0.05, 0) is 85.3 Å². The van der Waals surface area contributed by atoms with Crippen molar-refractivity contribution in [1.82, 2.24) is 0 Å². The first-order valence-electron chi connectivity index (χ1n) is 8.35. The zero-order valence-electron chi connectivity index (χ0n) is 12.7. The Bertz CT molecular complexity index is 538. The molecule has 0 heterocycles. The molecule has 4 fully saturated rings. The van der Waals surface area contributed by atoms with Gasteiger partial charge in [0, 0.05) is 4.83 Å².